The number of ether oxygens (including phenoxy) is 1. The van der Waals surface area contributed by atoms with E-state index in [9.17, 15) is 14.9 Å². The van der Waals surface area contributed by atoms with Crippen molar-refractivity contribution in [1.82, 2.24) is 9.55 Å². The average molecular weight is 415 g/mol. The Bertz CT molecular complexity index is 1360. The van der Waals surface area contributed by atoms with Gasteiger partial charge in [-0.15, -0.1) is 0 Å². The van der Waals surface area contributed by atoms with Gasteiger partial charge >= 0.3 is 0 Å². The molecular formula is C22H17N5O4. The van der Waals surface area contributed by atoms with E-state index in [0.717, 1.165) is 0 Å². The van der Waals surface area contributed by atoms with Gasteiger partial charge in [-0.2, -0.15) is 5.10 Å². The van der Waals surface area contributed by atoms with Crippen LogP contribution < -0.4 is 15.7 Å². The zero-order valence-corrected chi connectivity index (χ0v) is 16.4. The lowest BCUT2D eigenvalue weighted by molar-refractivity contribution is -0.385. The number of nitro benzene ring substituents is 1. The van der Waals surface area contributed by atoms with Crippen LogP contribution in [0.2, 0.25) is 0 Å². The predicted octanol–water partition coefficient (Wildman–Crippen LogP) is 3.75. The summed E-state index contributed by atoms with van der Waals surface area (Å²) in [7, 11) is 1.54. The lowest BCUT2D eigenvalue weighted by atomic mass is 10.2. The van der Waals surface area contributed by atoms with E-state index in [0.29, 0.717) is 27.9 Å². The van der Waals surface area contributed by atoms with Gasteiger partial charge in [-0.1, -0.05) is 30.3 Å². The van der Waals surface area contributed by atoms with Crippen molar-refractivity contribution < 1.29 is 9.66 Å². The van der Waals surface area contributed by atoms with E-state index >= 15 is 0 Å². The first-order valence-corrected chi connectivity index (χ1v) is 9.27. The Kier molecular flexibility index (Phi) is 5.39. The van der Waals surface area contributed by atoms with Crippen molar-refractivity contribution in [3.63, 3.8) is 0 Å². The van der Waals surface area contributed by atoms with Crippen molar-refractivity contribution in [2.24, 2.45) is 5.10 Å². The van der Waals surface area contributed by atoms with Crippen LogP contribution in [0.25, 0.3) is 16.6 Å². The van der Waals surface area contributed by atoms with Crippen LogP contribution in [-0.2, 0) is 0 Å². The first kappa shape index (κ1) is 19.8. The fourth-order valence-electron chi connectivity index (χ4n) is 3.12. The highest BCUT2D eigenvalue weighted by atomic mass is 16.6. The minimum absolute atomic E-state index is 0.0790. The summed E-state index contributed by atoms with van der Waals surface area (Å²) in [5, 5.41) is 15.7. The molecule has 4 rings (SSSR count). The molecule has 0 radical (unpaired) electrons. The van der Waals surface area contributed by atoms with Gasteiger partial charge in [-0.25, -0.2) is 15.0 Å². The molecule has 31 heavy (non-hydrogen) atoms. The summed E-state index contributed by atoms with van der Waals surface area (Å²) >= 11 is 0. The van der Waals surface area contributed by atoms with Crippen molar-refractivity contribution in [2.45, 2.75) is 0 Å². The van der Waals surface area contributed by atoms with Crippen LogP contribution in [0.3, 0.4) is 0 Å². The van der Waals surface area contributed by atoms with Gasteiger partial charge in [-0.05, 0) is 30.3 Å². The number of aromatic nitrogens is 2. The van der Waals surface area contributed by atoms with Gasteiger partial charge in [0.1, 0.15) is 5.75 Å². The molecule has 3 aromatic carbocycles. The molecule has 0 bridgehead atoms. The highest BCUT2D eigenvalue weighted by Gasteiger charge is 2.14. The number of nitro groups is 1. The number of hydrazone groups is 1. The maximum Gasteiger partial charge on any atom is 0.278 e. The topological polar surface area (TPSA) is 112 Å². The van der Waals surface area contributed by atoms with Gasteiger partial charge in [-0.3, -0.25) is 14.9 Å². The summed E-state index contributed by atoms with van der Waals surface area (Å²) in [4.78, 5) is 28.5. The lowest BCUT2D eigenvalue weighted by Gasteiger charge is -2.13. The fraction of sp³-hybridized carbons (Fsp3) is 0.0455. The first-order valence-electron chi connectivity index (χ1n) is 9.27. The number of rotatable bonds is 6. The van der Waals surface area contributed by atoms with Gasteiger partial charge < -0.3 is 4.74 Å². The molecule has 0 atom stereocenters. The number of benzene rings is 3. The van der Waals surface area contributed by atoms with Crippen molar-refractivity contribution in [2.75, 3.05) is 12.5 Å². The van der Waals surface area contributed by atoms with E-state index in [-0.39, 0.29) is 17.2 Å². The monoisotopic (exact) mass is 415 g/mol. The molecule has 0 amide bonds. The van der Waals surface area contributed by atoms with E-state index in [2.05, 4.69) is 15.5 Å². The van der Waals surface area contributed by atoms with Gasteiger partial charge in [0.2, 0.25) is 5.95 Å². The molecule has 0 fully saturated rings. The quantitative estimate of drug-likeness (QED) is 0.292. The molecular weight excluding hydrogens is 398 g/mol. The Morgan fingerprint density at radius 1 is 1.10 bits per heavy atom. The summed E-state index contributed by atoms with van der Waals surface area (Å²) in [6.45, 7) is 0. The van der Waals surface area contributed by atoms with E-state index in [1.54, 1.807) is 66.7 Å². The minimum atomic E-state index is -0.484. The second kappa shape index (κ2) is 8.46. The van der Waals surface area contributed by atoms with Crippen LogP contribution in [0, 0.1) is 10.1 Å². The number of para-hydroxylation sites is 2. The molecule has 0 spiro atoms. The second-order valence-electron chi connectivity index (χ2n) is 6.48. The van der Waals surface area contributed by atoms with Crippen molar-refractivity contribution in [1.29, 1.82) is 0 Å². The molecule has 4 aromatic rings. The molecule has 0 saturated carbocycles. The zero-order chi connectivity index (χ0) is 21.8. The summed E-state index contributed by atoms with van der Waals surface area (Å²) < 4.78 is 6.65. The summed E-state index contributed by atoms with van der Waals surface area (Å²) in [6, 6.07) is 20.2. The van der Waals surface area contributed by atoms with Crippen LogP contribution >= 0.6 is 0 Å². The molecule has 0 saturated heterocycles. The number of nitrogens with one attached hydrogen (secondary N) is 1. The highest BCUT2D eigenvalue weighted by Crippen LogP contribution is 2.20. The zero-order valence-electron chi connectivity index (χ0n) is 16.4. The van der Waals surface area contributed by atoms with E-state index in [1.165, 1.54) is 24.0 Å². The summed E-state index contributed by atoms with van der Waals surface area (Å²) in [6.07, 6.45) is 1.31. The summed E-state index contributed by atoms with van der Waals surface area (Å²) in [5.74, 6) is 0.735. The Hall–Kier alpha value is -4.53. The normalized spacial score (nSPS) is 11.0. The maximum absolute atomic E-state index is 13.2. The molecule has 9 heteroatoms. The van der Waals surface area contributed by atoms with Crippen LogP contribution in [0.5, 0.6) is 5.75 Å². The smallest absolute Gasteiger partial charge is 0.278 e. The highest BCUT2D eigenvalue weighted by molar-refractivity contribution is 5.85. The molecule has 0 aliphatic carbocycles. The second-order valence-corrected chi connectivity index (χ2v) is 6.48. The fourth-order valence-corrected chi connectivity index (χ4v) is 3.12. The SMILES string of the molecule is COc1cccc(-n2c(N/N=C\c3ccccc3[N+](=O)[O-])nc3ccccc3c2=O)c1. The van der Waals surface area contributed by atoms with Crippen molar-refractivity contribution >= 4 is 28.8 Å². The number of hydrogen-bond acceptors (Lipinski definition) is 7. The van der Waals surface area contributed by atoms with Gasteiger partial charge in [0.25, 0.3) is 11.2 Å². The Balaban J connectivity index is 1.82. The number of nitrogens with zero attached hydrogens (tertiary/aromatic N) is 4. The molecule has 154 valence electrons. The van der Waals surface area contributed by atoms with Crippen LogP contribution in [-0.4, -0.2) is 27.8 Å². The molecule has 9 nitrogen and oxygen atoms in total. The standard InChI is InChI=1S/C22H17N5O4/c1-31-17-9-6-8-16(13-17)26-21(28)18-10-3-4-11-19(18)24-22(26)25-23-14-15-7-2-5-12-20(15)27(29)30/h2-14H,1H3,(H,24,25)/b23-14-. The minimum Gasteiger partial charge on any atom is -0.497 e. The third-order valence-corrected chi connectivity index (χ3v) is 4.59. The summed E-state index contributed by atoms with van der Waals surface area (Å²) in [5.41, 5.74) is 3.73. The Morgan fingerprint density at radius 3 is 2.68 bits per heavy atom. The lowest BCUT2D eigenvalue weighted by Crippen LogP contribution is -2.22. The number of fused-ring (bicyclic) bond motifs is 1. The van der Waals surface area contributed by atoms with Gasteiger partial charge in [0.05, 0.1) is 40.4 Å². The average Bonchev–Trinajstić information content (AvgIpc) is 2.79. The number of anilines is 1. The van der Waals surface area contributed by atoms with Crippen molar-refractivity contribution in [3.05, 3.63) is 98.8 Å². The Morgan fingerprint density at radius 2 is 1.87 bits per heavy atom. The van der Waals surface area contributed by atoms with Crippen LogP contribution in [0.1, 0.15) is 5.56 Å². The predicted molar refractivity (Wildman–Crippen MR) is 118 cm³/mol. The maximum atomic E-state index is 13.2. The van der Waals surface area contributed by atoms with Gasteiger partial charge in [0, 0.05) is 12.1 Å². The van der Waals surface area contributed by atoms with Gasteiger partial charge in [0.15, 0.2) is 0 Å². The van der Waals surface area contributed by atoms with E-state index in [1.807, 2.05) is 0 Å². The third-order valence-electron chi connectivity index (χ3n) is 4.59. The molecule has 0 aliphatic heterocycles. The number of hydrogen-bond donors (Lipinski definition) is 1. The molecule has 0 aliphatic rings. The first-order chi connectivity index (χ1) is 15.1. The van der Waals surface area contributed by atoms with E-state index in [4.69, 9.17) is 4.74 Å². The number of methoxy groups -OCH3 is 1. The molecule has 1 heterocycles. The van der Waals surface area contributed by atoms with E-state index < -0.39 is 4.92 Å². The Labute approximate surface area is 176 Å². The molecule has 1 aromatic heterocycles. The van der Waals surface area contributed by atoms with Crippen molar-refractivity contribution in [3.8, 4) is 11.4 Å². The molecule has 0 unspecified atom stereocenters. The van der Waals surface area contributed by atoms with Crippen LogP contribution in [0.15, 0.2) is 82.7 Å². The largest absolute Gasteiger partial charge is 0.497 e. The van der Waals surface area contributed by atoms with Crippen LogP contribution in [0.4, 0.5) is 11.6 Å². The molecule has 1 N–H and O–H groups in total. The third kappa shape index (κ3) is 3.97.